The van der Waals surface area contributed by atoms with Crippen molar-refractivity contribution in [2.45, 2.75) is 18.8 Å². The van der Waals surface area contributed by atoms with Gasteiger partial charge in [0, 0.05) is 45.0 Å². The second-order valence-electron chi connectivity index (χ2n) is 5.68. The summed E-state index contributed by atoms with van der Waals surface area (Å²) in [6, 6.07) is 4.74. The normalized spacial score (nSPS) is 15.7. The molecule has 2 heterocycles. The minimum absolute atomic E-state index is 0.209. The van der Waals surface area contributed by atoms with Gasteiger partial charge >= 0.3 is 0 Å². The number of benzene rings is 1. The first-order valence-corrected chi connectivity index (χ1v) is 7.66. The van der Waals surface area contributed by atoms with Crippen molar-refractivity contribution < 1.29 is 13.9 Å². The van der Waals surface area contributed by atoms with Crippen LogP contribution in [0.1, 0.15) is 24.6 Å². The third-order valence-corrected chi connectivity index (χ3v) is 4.29. The zero-order chi connectivity index (χ0) is 16.4. The number of aromatic nitrogens is 3. The highest BCUT2D eigenvalue weighted by Gasteiger charge is 2.23. The van der Waals surface area contributed by atoms with E-state index < -0.39 is 0 Å². The van der Waals surface area contributed by atoms with Gasteiger partial charge in [-0.05, 0) is 25.0 Å². The van der Waals surface area contributed by atoms with Gasteiger partial charge in [0.2, 0.25) is 5.95 Å². The van der Waals surface area contributed by atoms with E-state index in [-0.39, 0.29) is 11.6 Å². The van der Waals surface area contributed by atoms with Crippen molar-refractivity contribution in [1.82, 2.24) is 14.8 Å². The molecular weight excluding hydrogens is 299 g/mol. The average molecular weight is 320 g/mol. The van der Waals surface area contributed by atoms with Crippen molar-refractivity contribution >= 4 is 11.6 Å². The minimum Gasteiger partial charge on any atom is -0.494 e. The summed E-state index contributed by atoms with van der Waals surface area (Å²) in [4.78, 5) is 1.87. The maximum Gasteiger partial charge on any atom is 0.231 e. The van der Waals surface area contributed by atoms with Crippen LogP contribution < -0.4 is 9.64 Å². The van der Waals surface area contributed by atoms with Crippen molar-refractivity contribution in [1.29, 1.82) is 0 Å². The van der Waals surface area contributed by atoms with Crippen LogP contribution in [-0.2, 0) is 11.8 Å². The molecule has 0 saturated carbocycles. The van der Waals surface area contributed by atoms with E-state index in [0.29, 0.717) is 11.9 Å². The number of hydrogen-bond donors (Lipinski definition) is 0. The molecule has 0 radical (unpaired) electrons. The molecule has 0 bridgehead atoms. The van der Waals surface area contributed by atoms with Gasteiger partial charge in [-0.25, -0.2) is 4.39 Å². The molecule has 0 aliphatic carbocycles. The quantitative estimate of drug-likeness (QED) is 0.867. The summed E-state index contributed by atoms with van der Waals surface area (Å²) in [5, 5.41) is 8.67. The van der Waals surface area contributed by atoms with E-state index in [0.717, 1.165) is 37.6 Å². The molecule has 1 aromatic carbocycles. The third-order valence-electron chi connectivity index (χ3n) is 4.29. The Kier molecular flexibility index (Phi) is 4.47. The van der Waals surface area contributed by atoms with Crippen molar-refractivity contribution in [3.63, 3.8) is 0 Å². The average Bonchev–Trinajstić information content (AvgIpc) is 2.97. The van der Waals surface area contributed by atoms with Crippen LogP contribution in [0.3, 0.4) is 0 Å². The summed E-state index contributed by atoms with van der Waals surface area (Å²) in [5.74, 6) is 1.86. The number of methoxy groups -OCH3 is 1. The predicted octanol–water partition coefficient (Wildman–Crippen LogP) is 2.62. The van der Waals surface area contributed by atoms with Gasteiger partial charge in [0.25, 0.3) is 0 Å². The number of ether oxygens (including phenoxy) is 2. The van der Waals surface area contributed by atoms with Crippen LogP contribution in [0.2, 0.25) is 0 Å². The zero-order valence-electron chi connectivity index (χ0n) is 13.6. The molecule has 1 saturated heterocycles. The summed E-state index contributed by atoms with van der Waals surface area (Å²) in [6.45, 7) is 1.52. The number of rotatable bonds is 4. The molecule has 6 nitrogen and oxygen atoms in total. The highest BCUT2D eigenvalue weighted by atomic mass is 19.1. The molecule has 0 unspecified atom stereocenters. The van der Waals surface area contributed by atoms with Crippen LogP contribution in [-0.4, -0.2) is 42.1 Å². The van der Waals surface area contributed by atoms with Gasteiger partial charge in [-0.15, -0.1) is 10.2 Å². The van der Waals surface area contributed by atoms with Crippen molar-refractivity contribution in [2.75, 3.05) is 32.3 Å². The fourth-order valence-corrected chi connectivity index (χ4v) is 2.91. The summed E-state index contributed by atoms with van der Waals surface area (Å²) >= 11 is 0. The van der Waals surface area contributed by atoms with E-state index in [9.17, 15) is 4.39 Å². The molecular formula is C16H21FN4O2. The van der Waals surface area contributed by atoms with Gasteiger partial charge in [-0.3, -0.25) is 4.57 Å². The van der Waals surface area contributed by atoms with E-state index in [4.69, 9.17) is 9.47 Å². The summed E-state index contributed by atoms with van der Waals surface area (Å²) in [5.41, 5.74) is 0.789. The first-order chi connectivity index (χ1) is 11.1. The fraction of sp³-hybridized carbons (Fsp3) is 0.500. The first-order valence-electron chi connectivity index (χ1n) is 7.66. The van der Waals surface area contributed by atoms with Crippen molar-refractivity contribution in [3.05, 3.63) is 29.8 Å². The van der Waals surface area contributed by atoms with Gasteiger partial charge in [0.05, 0.1) is 7.11 Å². The molecule has 1 aliphatic heterocycles. The topological polar surface area (TPSA) is 52.4 Å². The maximum absolute atomic E-state index is 13.6. The Bertz CT molecular complexity index is 683. The van der Waals surface area contributed by atoms with Crippen LogP contribution in [0.25, 0.3) is 0 Å². The lowest BCUT2D eigenvalue weighted by Crippen LogP contribution is -2.19. The van der Waals surface area contributed by atoms with Gasteiger partial charge in [-0.2, -0.15) is 0 Å². The Morgan fingerprint density at radius 1 is 1.30 bits per heavy atom. The molecule has 0 spiro atoms. The van der Waals surface area contributed by atoms with E-state index >= 15 is 0 Å². The zero-order valence-corrected chi connectivity index (χ0v) is 13.6. The fourth-order valence-electron chi connectivity index (χ4n) is 2.91. The lowest BCUT2D eigenvalue weighted by atomic mass is 10.00. The van der Waals surface area contributed by atoms with E-state index in [1.807, 2.05) is 23.6 Å². The SMILES string of the molecule is COc1cc(N(C)c2nnc(C3CCOCC3)n2C)ccc1F. The molecule has 0 atom stereocenters. The number of halogens is 1. The second kappa shape index (κ2) is 6.54. The van der Waals surface area contributed by atoms with Crippen molar-refractivity contribution in [3.8, 4) is 5.75 Å². The van der Waals surface area contributed by atoms with Crippen molar-refractivity contribution in [2.24, 2.45) is 7.05 Å². The minimum atomic E-state index is -0.384. The summed E-state index contributed by atoms with van der Waals surface area (Å²) < 4.78 is 26.0. The largest absolute Gasteiger partial charge is 0.494 e. The molecule has 7 heteroatoms. The molecule has 0 N–H and O–H groups in total. The third kappa shape index (κ3) is 3.01. The lowest BCUT2D eigenvalue weighted by Gasteiger charge is -2.22. The van der Waals surface area contributed by atoms with E-state index in [1.54, 1.807) is 12.1 Å². The first kappa shape index (κ1) is 15.7. The monoisotopic (exact) mass is 320 g/mol. The molecule has 1 fully saturated rings. The van der Waals surface area contributed by atoms with E-state index in [2.05, 4.69) is 10.2 Å². The van der Waals surface area contributed by atoms with Crippen LogP contribution >= 0.6 is 0 Å². The Morgan fingerprint density at radius 2 is 2.04 bits per heavy atom. The molecule has 0 amide bonds. The molecule has 3 rings (SSSR count). The van der Waals surface area contributed by atoms with Crippen LogP contribution in [0.15, 0.2) is 18.2 Å². The predicted molar refractivity (Wildman–Crippen MR) is 84.8 cm³/mol. The van der Waals surface area contributed by atoms with Crippen LogP contribution in [0.4, 0.5) is 16.0 Å². The highest BCUT2D eigenvalue weighted by Crippen LogP contribution is 2.31. The van der Waals surface area contributed by atoms with Gasteiger partial charge in [0.1, 0.15) is 5.82 Å². The Balaban J connectivity index is 1.88. The molecule has 1 aliphatic rings. The van der Waals surface area contributed by atoms with E-state index in [1.165, 1.54) is 13.2 Å². The highest BCUT2D eigenvalue weighted by molar-refractivity contribution is 5.59. The molecule has 1 aromatic heterocycles. The van der Waals surface area contributed by atoms with Gasteiger partial charge in [-0.1, -0.05) is 0 Å². The van der Waals surface area contributed by atoms with Crippen LogP contribution in [0, 0.1) is 5.82 Å². The second-order valence-corrected chi connectivity index (χ2v) is 5.68. The lowest BCUT2D eigenvalue weighted by molar-refractivity contribution is 0.0830. The Hall–Kier alpha value is -2.15. The molecule has 23 heavy (non-hydrogen) atoms. The van der Waals surface area contributed by atoms with Gasteiger partial charge in [0.15, 0.2) is 11.6 Å². The Labute approximate surface area is 134 Å². The smallest absolute Gasteiger partial charge is 0.231 e. The maximum atomic E-state index is 13.6. The number of nitrogens with zero attached hydrogens (tertiary/aromatic N) is 4. The Morgan fingerprint density at radius 3 is 2.74 bits per heavy atom. The van der Waals surface area contributed by atoms with Crippen LogP contribution in [0.5, 0.6) is 5.75 Å². The summed E-state index contributed by atoms with van der Waals surface area (Å²) in [7, 11) is 5.29. The molecule has 124 valence electrons. The number of hydrogen-bond acceptors (Lipinski definition) is 5. The standard InChI is InChI=1S/C16H21FN4O2/c1-20(12-4-5-13(17)14(10-12)22-3)16-19-18-15(21(16)2)11-6-8-23-9-7-11/h4-5,10-11H,6-9H2,1-3H3. The number of anilines is 2. The summed E-state index contributed by atoms with van der Waals surface area (Å²) in [6.07, 6.45) is 1.92. The molecule has 2 aromatic rings. The van der Waals surface area contributed by atoms with Gasteiger partial charge < -0.3 is 14.4 Å².